The molecule has 0 saturated heterocycles. The first-order valence-electron chi connectivity index (χ1n) is 6.27. The maximum Gasteiger partial charge on any atom is 0.224 e. The fraction of sp³-hybridized carbons (Fsp3) is 0.500. The molecule has 0 aliphatic carbocycles. The molecule has 0 fully saturated rings. The van der Waals surface area contributed by atoms with E-state index in [9.17, 15) is 4.79 Å². The van der Waals surface area contributed by atoms with E-state index in [1.54, 1.807) is 0 Å². The normalized spacial score (nSPS) is 10.1. The molecule has 0 aliphatic heterocycles. The molecule has 0 bridgehead atoms. The van der Waals surface area contributed by atoms with Crippen molar-refractivity contribution >= 4 is 17.3 Å². The summed E-state index contributed by atoms with van der Waals surface area (Å²) in [4.78, 5) is 13.7. The highest BCUT2D eigenvalue weighted by molar-refractivity contribution is 5.91. The molecule has 3 nitrogen and oxygen atoms in total. The molecule has 0 radical (unpaired) electrons. The minimum absolute atomic E-state index is 0.0550. The second-order valence-corrected chi connectivity index (χ2v) is 4.08. The van der Waals surface area contributed by atoms with Gasteiger partial charge in [-0.2, -0.15) is 0 Å². The van der Waals surface area contributed by atoms with Crippen LogP contribution in [0.5, 0.6) is 0 Å². The van der Waals surface area contributed by atoms with Gasteiger partial charge < -0.3 is 10.2 Å². The van der Waals surface area contributed by atoms with Gasteiger partial charge in [0.15, 0.2) is 0 Å². The Labute approximate surface area is 104 Å². The second-order valence-electron chi connectivity index (χ2n) is 4.08. The first kappa shape index (κ1) is 13.6. The van der Waals surface area contributed by atoms with E-state index in [4.69, 9.17) is 0 Å². The third-order valence-electron chi connectivity index (χ3n) is 2.92. The molecule has 1 rings (SSSR count). The van der Waals surface area contributed by atoms with Crippen molar-refractivity contribution in [3.05, 3.63) is 23.8 Å². The van der Waals surface area contributed by atoms with E-state index in [2.05, 4.69) is 43.1 Å². The Balaban J connectivity index is 2.97. The molecule has 17 heavy (non-hydrogen) atoms. The SMILES string of the molecule is CCC(=O)Nc1ccc(C)c(N(CC)CC)c1. The predicted molar refractivity (Wildman–Crippen MR) is 73.7 cm³/mol. The van der Waals surface area contributed by atoms with Gasteiger partial charge in [0, 0.05) is 30.9 Å². The van der Waals surface area contributed by atoms with Crippen LogP contribution in [0.15, 0.2) is 18.2 Å². The van der Waals surface area contributed by atoms with Gasteiger partial charge in [0.25, 0.3) is 0 Å². The number of anilines is 2. The number of benzene rings is 1. The van der Waals surface area contributed by atoms with E-state index in [0.29, 0.717) is 6.42 Å². The molecular weight excluding hydrogens is 212 g/mol. The highest BCUT2D eigenvalue weighted by Crippen LogP contribution is 2.24. The number of carbonyl (C=O) groups is 1. The molecule has 0 heterocycles. The Hall–Kier alpha value is -1.51. The summed E-state index contributed by atoms with van der Waals surface area (Å²) >= 11 is 0. The van der Waals surface area contributed by atoms with E-state index in [-0.39, 0.29) is 5.91 Å². The zero-order valence-corrected chi connectivity index (χ0v) is 11.2. The summed E-state index contributed by atoms with van der Waals surface area (Å²) in [6.07, 6.45) is 0.508. The molecule has 1 aromatic carbocycles. The van der Waals surface area contributed by atoms with Crippen molar-refractivity contribution in [3.63, 3.8) is 0 Å². The van der Waals surface area contributed by atoms with Crippen LogP contribution in [0, 0.1) is 6.92 Å². The van der Waals surface area contributed by atoms with E-state index in [0.717, 1.165) is 18.8 Å². The number of aryl methyl sites for hydroxylation is 1. The van der Waals surface area contributed by atoms with Crippen molar-refractivity contribution in [2.45, 2.75) is 34.1 Å². The van der Waals surface area contributed by atoms with Gasteiger partial charge in [0.1, 0.15) is 0 Å². The van der Waals surface area contributed by atoms with Crippen LogP contribution in [0.1, 0.15) is 32.8 Å². The number of amides is 1. The van der Waals surface area contributed by atoms with Crippen LogP contribution in [-0.2, 0) is 4.79 Å². The number of hydrogen-bond acceptors (Lipinski definition) is 2. The standard InChI is InChI=1S/C14H22N2O/c1-5-14(17)15-12-9-8-11(4)13(10-12)16(6-2)7-3/h8-10H,5-7H2,1-4H3,(H,15,17). The fourth-order valence-electron chi connectivity index (χ4n) is 1.84. The van der Waals surface area contributed by atoms with Gasteiger partial charge in [-0.3, -0.25) is 4.79 Å². The molecule has 0 spiro atoms. The number of nitrogens with one attached hydrogen (secondary N) is 1. The molecule has 0 atom stereocenters. The van der Waals surface area contributed by atoms with Crippen LogP contribution in [0.25, 0.3) is 0 Å². The van der Waals surface area contributed by atoms with Crippen LogP contribution < -0.4 is 10.2 Å². The quantitative estimate of drug-likeness (QED) is 0.848. The van der Waals surface area contributed by atoms with Gasteiger partial charge in [-0.1, -0.05) is 13.0 Å². The number of nitrogens with zero attached hydrogens (tertiary/aromatic N) is 1. The third-order valence-corrected chi connectivity index (χ3v) is 2.92. The topological polar surface area (TPSA) is 32.3 Å². The fourth-order valence-corrected chi connectivity index (χ4v) is 1.84. The maximum atomic E-state index is 11.4. The maximum absolute atomic E-state index is 11.4. The molecular formula is C14H22N2O. The van der Waals surface area contributed by atoms with Gasteiger partial charge in [-0.05, 0) is 38.5 Å². The Morgan fingerprint density at radius 1 is 1.24 bits per heavy atom. The highest BCUT2D eigenvalue weighted by Gasteiger charge is 2.07. The smallest absolute Gasteiger partial charge is 0.224 e. The average Bonchev–Trinajstić information content (AvgIpc) is 2.34. The second kappa shape index (κ2) is 6.28. The van der Waals surface area contributed by atoms with Crippen LogP contribution in [-0.4, -0.2) is 19.0 Å². The van der Waals surface area contributed by atoms with Crippen molar-refractivity contribution in [1.82, 2.24) is 0 Å². The number of rotatable bonds is 5. The molecule has 0 saturated carbocycles. The summed E-state index contributed by atoms with van der Waals surface area (Å²) in [7, 11) is 0. The van der Waals surface area contributed by atoms with E-state index >= 15 is 0 Å². The molecule has 0 aromatic heterocycles. The van der Waals surface area contributed by atoms with Crippen molar-refractivity contribution in [1.29, 1.82) is 0 Å². The molecule has 0 aliphatic rings. The largest absolute Gasteiger partial charge is 0.372 e. The molecule has 0 unspecified atom stereocenters. The first-order chi connectivity index (χ1) is 8.12. The number of carbonyl (C=O) groups excluding carboxylic acids is 1. The van der Waals surface area contributed by atoms with E-state index < -0.39 is 0 Å². The van der Waals surface area contributed by atoms with Crippen molar-refractivity contribution < 1.29 is 4.79 Å². The summed E-state index contributed by atoms with van der Waals surface area (Å²) in [5.74, 6) is 0.0550. The van der Waals surface area contributed by atoms with Crippen LogP contribution in [0.2, 0.25) is 0 Å². The lowest BCUT2D eigenvalue weighted by Crippen LogP contribution is -2.23. The summed E-state index contributed by atoms with van der Waals surface area (Å²) in [5, 5.41) is 2.90. The van der Waals surface area contributed by atoms with Gasteiger partial charge in [-0.25, -0.2) is 0 Å². The molecule has 1 N–H and O–H groups in total. The minimum atomic E-state index is 0.0550. The predicted octanol–water partition coefficient (Wildman–Crippen LogP) is 3.19. The van der Waals surface area contributed by atoms with Crippen LogP contribution in [0.4, 0.5) is 11.4 Å². The Bertz CT molecular complexity index is 384. The van der Waals surface area contributed by atoms with Crippen LogP contribution >= 0.6 is 0 Å². The van der Waals surface area contributed by atoms with Gasteiger partial charge in [0.2, 0.25) is 5.91 Å². The highest BCUT2D eigenvalue weighted by atomic mass is 16.1. The zero-order valence-electron chi connectivity index (χ0n) is 11.2. The minimum Gasteiger partial charge on any atom is -0.372 e. The Kier molecular flexibility index (Phi) is 5.01. The first-order valence-corrected chi connectivity index (χ1v) is 6.27. The van der Waals surface area contributed by atoms with Crippen LogP contribution in [0.3, 0.4) is 0 Å². The monoisotopic (exact) mass is 234 g/mol. The number of hydrogen-bond donors (Lipinski definition) is 1. The lowest BCUT2D eigenvalue weighted by atomic mass is 10.1. The Morgan fingerprint density at radius 3 is 2.41 bits per heavy atom. The zero-order chi connectivity index (χ0) is 12.8. The van der Waals surface area contributed by atoms with Crippen molar-refractivity contribution in [3.8, 4) is 0 Å². The lowest BCUT2D eigenvalue weighted by molar-refractivity contribution is -0.115. The van der Waals surface area contributed by atoms with Gasteiger partial charge in [-0.15, -0.1) is 0 Å². The van der Waals surface area contributed by atoms with Crippen molar-refractivity contribution in [2.24, 2.45) is 0 Å². The summed E-state index contributed by atoms with van der Waals surface area (Å²) in [6.45, 7) is 10.2. The average molecular weight is 234 g/mol. The summed E-state index contributed by atoms with van der Waals surface area (Å²) < 4.78 is 0. The lowest BCUT2D eigenvalue weighted by Gasteiger charge is -2.24. The molecule has 1 amide bonds. The molecule has 3 heteroatoms. The molecule has 94 valence electrons. The summed E-state index contributed by atoms with van der Waals surface area (Å²) in [6, 6.07) is 6.06. The third kappa shape index (κ3) is 3.48. The van der Waals surface area contributed by atoms with E-state index in [1.807, 2.05) is 13.0 Å². The van der Waals surface area contributed by atoms with Gasteiger partial charge >= 0.3 is 0 Å². The Morgan fingerprint density at radius 2 is 1.88 bits per heavy atom. The van der Waals surface area contributed by atoms with E-state index in [1.165, 1.54) is 11.3 Å². The van der Waals surface area contributed by atoms with Crippen molar-refractivity contribution in [2.75, 3.05) is 23.3 Å². The summed E-state index contributed by atoms with van der Waals surface area (Å²) in [5.41, 5.74) is 3.32. The van der Waals surface area contributed by atoms with Gasteiger partial charge in [0.05, 0.1) is 0 Å². The molecule has 1 aromatic rings.